The van der Waals surface area contributed by atoms with Gasteiger partial charge in [-0.1, -0.05) is 0 Å². The molecule has 2 rings (SSSR count). The lowest BCUT2D eigenvalue weighted by Crippen LogP contribution is -2.36. The smallest absolute Gasteiger partial charge is 0.216 e. The average molecular weight is 250 g/mol. The van der Waals surface area contributed by atoms with Gasteiger partial charge in [0.25, 0.3) is 0 Å². The molecule has 1 fully saturated rings. The van der Waals surface area contributed by atoms with E-state index in [1.807, 2.05) is 12.5 Å². The molecule has 0 radical (unpaired) electrons. The highest BCUT2D eigenvalue weighted by Crippen LogP contribution is 2.25. The van der Waals surface area contributed by atoms with E-state index in [0.29, 0.717) is 18.6 Å². The standard InChI is InChI=1S/C13H22N4O/c1-10-4-3-5-12(16-10)13-8-14-9-17(13)7-6-15-11(2)18/h8-10,12,16H,3-7H2,1-2H3,(H,15,18). The van der Waals surface area contributed by atoms with Crippen LogP contribution in [0.2, 0.25) is 0 Å². The first kappa shape index (κ1) is 13.1. The fourth-order valence-corrected chi connectivity index (χ4v) is 2.53. The van der Waals surface area contributed by atoms with Crippen LogP contribution in [0.25, 0.3) is 0 Å². The Morgan fingerprint density at radius 1 is 1.61 bits per heavy atom. The van der Waals surface area contributed by atoms with Crippen LogP contribution in [0.5, 0.6) is 0 Å². The van der Waals surface area contributed by atoms with Crippen LogP contribution in [0.15, 0.2) is 12.5 Å². The van der Waals surface area contributed by atoms with E-state index in [-0.39, 0.29) is 5.91 Å². The number of carbonyl (C=O) groups is 1. The fourth-order valence-electron chi connectivity index (χ4n) is 2.53. The highest BCUT2D eigenvalue weighted by Gasteiger charge is 2.21. The van der Waals surface area contributed by atoms with Gasteiger partial charge in [-0.25, -0.2) is 4.98 Å². The lowest BCUT2D eigenvalue weighted by molar-refractivity contribution is -0.118. The SMILES string of the molecule is CC(=O)NCCn1cncc1C1CCCC(C)N1. The molecule has 1 saturated heterocycles. The van der Waals surface area contributed by atoms with E-state index in [1.54, 1.807) is 6.92 Å². The van der Waals surface area contributed by atoms with E-state index < -0.39 is 0 Å². The molecule has 2 unspecified atom stereocenters. The molecule has 2 N–H and O–H groups in total. The third-order valence-corrected chi connectivity index (χ3v) is 3.44. The minimum Gasteiger partial charge on any atom is -0.355 e. The van der Waals surface area contributed by atoms with Crippen molar-refractivity contribution in [3.8, 4) is 0 Å². The number of piperidine rings is 1. The van der Waals surface area contributed by atoms with Gasteiger partial charge in [0.15, 0.2) is 0 Å². The third kappa shape index (κ3) is 3.32. The first-order valence-electron chi connectivity index (χ1n) is 6.67. The molecule has 2 heterocycles. The van der Waals surface area contributed by atoms with Crippen LogP contribution in [0.4, 0.5) is 0 Å². The second-order valence-electron chi connectivity index (χ2n) is 5.05. The van der Waals surface area contributed by atoms with Gasteiger partial charge in [-0.2, -0.15) is 0 Å². The number of rotatable bonds is 4. The predicted molar refractivity (Wildman–Crippen MR) is 70.1 cm³/mol. The Hall–Kier alpha value is -1.36. The Kier molecular flexibility index (Phi) is 4.36. The number of hydrogen-bond acceptors (Lipinski definition) is 3. The van der Waals surface area contributed by atoms with Crippen LogP contribution in [0.3, 0.4) is 0 Å². The number of aromatic nitrogens is 2. The quantitative estimate of drug-likeness (QED) is 0.845. The third-order valence-electron chi connectivity index (χ3n) is 3.44. The number of nitrogens with one attached hydrogen (secondary N) is 2. The van der Waals surface area contributed by atoms with Crippen LogP contribution in [0.1, 0.15) is 44.8 Å². The summed E-state index contributed by atoms with van der Waals surface area (Å²) < 4.78 is 2.13. The van der Waals surface area contributed by atoms with E-state index in [1.165, 1.54) is 18.5 Å². The van der Waals surface area contributed by atoms with Gasteiger partial charge in [-0.3, -0.25) is 4.79 Å². The molecule has 5 heteroatoms. The lowest BCUT2D eigenvalue weighted by atomic mass is 9.97. The van der Waals surface area contributed by atoms with Gasteiger partial charge in [-0.05, 0) is 26.2 Å². The summed E-state index contributed by atoms with van der Waals surface area (Å²) in [6.07, 6.45) is 7.45. The molecule has 1 aliphatic rings. The highest BCUT2D eigenvalue weighted by molar-refractivity contribution is 5.72. The van der Waals surface area contributed by atoms with Crippen molar-refractivity contribution >= 4 is 5.91 Å². The van der Waals surface area contributed by atoms with Crippen LogP contribution in [-0.4, -0.2) is 28.0 Å². The van der Waals surface area contributed by atoms with Crippen molar-refractivity contribution in [2.45, 2.75) is 51.7 Å². The highest BCUT2D eigenvalue weighted by atomic mass is 16.1. The van der Waals surface area contributed by atoms with E-state index in [2.05, 4.69) is 27.1 Å². The van der Waals surface area contributed by atoms with Crippen molar-refractivity contribution in [2.24, 2.45) is 0 Å². The number of amides is 1. The van der Waals surface area contributed by atoms with Crippen molar-refractivity contribution in [1.29, 1.82) is 0 Å². The average Bonchev–Trinajstić information content (AvgIpc) is 2.77. The van der Waals surface area contributed by atoms with Gasteiger partial charge in [0, 0.05) is 38.3 Å². The maximum absolute atomic E-state index is 10.9. The lowest BCUT2D eigenvalue weighted by Gasteiger charge is -2.29. The molecule has 0 aliphatic carbocycles. The molecule has 1 aromatic heterocycles. The van der Waals surface area contributed by atoms with Gasteiger partial charge in [0.05, 0.1) is 12.0 Å². The summed E-state index contributed by atoms with van der Waals surface area (Å²) in [6, 6.07) is 0.969. The zero-order valence-electron chi connectivity index (χ0n) is 11.1. The molecule has 0 aromatic carbocycles. The number of carbonyl (C=O) groups excluding carboxylic acids is 1. The summed E-state index contributed by atoms with van der Waals surface area (Å²) in [5.41, 5.74) is 1.23. The molecule has 18 heavy (non-hydrogen) atoms. The number of imidazole rings is 1. The van der Waals surface area contributed by atoms with Gasteiger partial charge < -0.3 is 15.2 Å². The molecule has 1 amide bonds. The van der Waals surface area contributed by atoms with E-state index in [0.717, 1.165) is 13.0 Å². The summed E-state index contributed by atoms with van der Waals surface area (Å²) in [7, 11) is 0. The van der Waals surface area contributed by atoms with Crippen molar-refractivity contribution < 1.29 is 4.79 Å². The van der Waals surface area contributed by atoms with Crippen molar-refractivity contribution in [3.63, 3.8) is 0 Å². The molecule has 0 bridgehead atoms. The maximum atomic E-state index is 10.9. The van der Waals surface area contributed by atoms with E-state index in [4.69, 9.17) is 0 Å². The number of hydrogen-bond donors (Lipinski definition) is 2. The zero-order chi connectivity index (χ0) is 13.0. The second-order valence-corrected chi connectivity index (χ2v) is 5.05. The molecule has 1 aromatic rings. The fraction of sp³-hybridized carbons (Fsp3) is 0.692. The topological polar surface area (TPSA) is 59.0 Å². The Balaban J connectivity index is 1.96. The first-order chi connectivity index (χ1) is 8.66. The number of nitrogens with zero attached hydrogens (tertiary/aromatic N) is 2. The van der Waals surface area contributed by atoms with Crippen molar-refractivity contribution in [3.05, 3.63) is 18.2 Å². The van der Waals surface area contributed by atoms with Crippen LogP contribution in [0, 0.1) is 0 Å². The Morgan fingerprint density at radius 2 is 2.44 bits per heavy atom. The Labute approximate surface area is 108 Å². The minimum atomic E-state index is 0.0149. The predicted octanol–water partition coefficient (Wildman–Crippen LogP) is 1.22. The summed E-state index contributed by atoms with van der Waals surface area (Å²) in [4.78, 5) is 15.1. The van der Waals surface area contributed by atoms with Gasteiger partial charge in [0.1, 0.15) is 0 Å². The van der Waals surface area contributed by atoms with Crippen molar-refractivity contribution in [2.75, 3.05) is 6.54 Å². The molecule has 5 nitrogen and oxygen atoms in total. The second kappa shape index (κ2) is 6.00. The molecule has 100 valence electrons. The molecular weight excluding hydrogens is 228 g/mol. The zero-order valence-corrected chi connectivity index (χ0v) is 11.1. The molecule has 0 spiro atoms. The minimum absolute atomic E-state index is 0.0149. The van der Waals surface area contributed by atoms with Crippen LogP contribution >= 0.6 is 0 Å². The maximum Gasteiger partial charge on any atom is 0.216 e. The van der Waals surface area contributed by atoms with E-state index >= 15 is 0 Å². The van der Waals surface area contributed by atoms with Gasteiger partial charge >= 0.3 is 0 Å². The molecular formula is C13H22N4O. The molecule has 1 aliphatic heterocycles. The summed E-state index contributed by atoms with van der Waals surface area (Å²) >= 11 is 0. The van der Waals surface area contributed by atoms with Crippen LogP contribution < -0.4 is 10.6 Å². The Morgan fingerprint density at radius 3 is 3.17 bits per heavy atom. The monoisotopic (exact) mass is 250 g/mol. The van der Waals surface area contributed by atoms with Gasteiger partial charge in [0.2, 0.25) is 5.91 Å². The summed E-state index contributed by atoms with van der Waals surface area (Å²) in [5, 5.41) is 6.42. The largest absolute Gasteiger partial charge is 0.355 e. The van der Waals surface area contributed by atoms with Crippen LogP contribution in [-0.2, 0) is 11.3 Å². The first-order valence-corrected chi connectivity index (χ1v) is 6.67. The molecule has 0 saturated carbocycles. The van der Waals surface area contributed by atoms with E-state index in [9.17, 15) is 4.79 Å². The van der Waals surface area contributed by atoms with Gasteiger partial charge in [-0.15, -0.1) is 0 Å². The Bertz CT molecular complexity index is 401. The van der Waals surface area contributed by atoms with Crippen molar-refractivity contribution in [1.82, 2.24) is 20.2 Å². The normalized spacial score (nSPS) is 23.9. The summed E-state index contributed by atoms with van der Waals surface area (Å²) in [6.45, 7) is 5.20. The molecule has 2 atom stereocenters. The summed E-state index contributed by atoms with van der Waals surface area (Å²) in [5.74, 6) is 0.0149.